The van der Waals surface area contributed by atoms with Crippen LogP contribution in [-0.4, -0.2) is 26.3 Å². The summed E-state index contributed by atoms with van der Waals surface area (Å²) >= 11 is 6.52. The topological polar surface area (TPSA) is 30.5 Å². The lowest BCUT2D eigenvalue weighted by molar-refractivity contribution is 0.200. The number of ether oxygens (including phenoxy) is 2. The number of benzene rings is 1. The van der Waals surface area contributed by atoms with Crippen LogP contribution in [0.3, 0.4) is 0 Å². The van der Waals surface area contributed by atoms with E-state index in [0.29, 0.717) is 12.0 Å². The lowest BCUT2D eigenvalue weighted by Gasteiger charge is -2.25. The fourth-order valence-corrected chi connectivity index (χ4v) is 3.74. The van der Waals surface area contributed by atoms with Crippen LogP contribution in [0.5, 0.6) is 11.5 Å². The van der Waals surface area contributed by atoms with E-state index in [1.54, 1.807) is 7.11 Å². The van der Waals surface area contributed by atoms with Crippen molar-refractivity contribution in [2.75, 3.05) is 20.2 Å². The molecule has 4 heteroatoms. The Morgan fingerprint density at radius 1 is 1.05 bits per heavy atom. The van der Waals surface area contributed by atoms with Gasteiger partial charge >= 0.3 is 0 Å². The van der Waals surface area contributed by atoms with Crippen LogP contribution in [0.15, 0.2) is 12.1 Å². The Labute approximate surface area is 132 Å². The Morgan fingerprint density at radius 2 is 1.76 bits per heavy atom. The van der Waals surface area contributed by atoms with Gasteiger partial charge < -0.3 is 14.8 Å². The summed E-state index contributed by atoms with van der Waals surface area (Å²) in [6.45, 7) is 2.12. The second-order valence-electron chi connectivity index (χ2n) is 6.07. The highest BCUT2D eigenvalue weighted by atomic mass is 35.5. The van der Waals surface area contributed by atoms with Gasteiger partial charge in [-0.15, -0.1) is 0 Å². The molecule has 1 aromatic carbocycles. The van der Waals surface area contributed by atoms with Crippen LogP contribution in [0, 0.1) is 0 Å². The maximum Gasteiger partial charge on any atom is 0.163 e. The molecule has 0 spiro atoms. The maximum absolute atomic E-state index is 6.52. The Kier molecular flexibility index (Phi) is 4.91. The Hall–Kier alpha value is -0.930. The van der Waals surface area contributed by atoms with E-state index in [1.165, 1.54) is 18.4 Å². The first-order valence-electron chi connectivity index (χ1n) is 8.02. The minimum atomic E-state index is 0.319. The van der Waals surface area contributed by atoms with Crippen LogP contribution < -0.4 is 14.8 Å². The van der Waals surface area contributed by atoms with Crippen LogP contribution in [-0.2, 0) is 0 Å². The van der Waals surface area contributed by atoms with Gasteiger partial charge in [0.15, 0.2) is 11.5 Å². The van der Waals surface area contributed by atoms with Gasteiger partial charge in [0, 0.05) is 11.1 Å². The molecule has 0 bridgehead atoms. The Morgan fingerprint density at radius 3 is 2.43 bits per heavy atom. The van der Waals surface area contributed by atoms with Gasteiger partial charge in [0.25, 0.3) is 0 Å². The van der Waals surface area contributed by atoms with Gasteiger partial charge in [0.2, 0.25) is 0 Å². The van der Waals surface area contributed by atoms with Crippen molar-refractivity contribution in [1.82, 2.24) is 5.32 Å². The molecule has 1 aromatic rings. The number of nitrogens with one attached hydrogen (secondary N) is 1. The first kappa shape index (κ1) is 15.0. The van der Waals surface area contributed by atoms with Crippen molar-refractivity contribution in [2.24, 2.45) is 0 Å². The highest BCUT2D eigenvalue weighted by Crippen LogP contribution is 2.40. The summed E-state index contributed by atoms with van der Waals surface area (Å²) in [5.41, 5.74) is 1.20. The monoisotopic (exact) mass is 309 g/mol. The lowest BCUT2D eigenvalue weighted by Crippen LogP contribution is -2.26. The average Bonchev–Trinajstić information content (AvgIpc) is 3.01. The minimum absolute atomic E-state index is 0.319. The normalized spacial score (nSPS) is 20.7. The summed E-state index contributed by atoms with van der Waals surface area (Å²) < 4.78 is 11.6. The molecule has 0 atom stereocenters. The summed E-state index contributed by atoms with van der Waals surface area (Å²) in [6, 6.07) is 4.04. The van der Waals surface area contributed by atoms with Gasteiger partial charge in [0.05, 0.1) is 13.2 Å². The van der Waals surface area contributed by atoms with E-state index in [-0.39, 0.29) is 0 Å². The van der Waals surface area contributed by atoms with Crippen LogP contribution >= 0.6 is 11.6 Å². The number of hydrogen-bond acceptors (Lipinski definition) is 3. The summed E-state index contributed by atoms with van der Waals surface area (Å²) in [6.07, 6.45) is 7.37. The molecular weight excluding hydrogens is 286 g/mol. The molecule has 1 aliphatic heterocycles. The van der Waals surface area contributed by atoms with Gasteiger partial charge in [-0.2, -0.15) is 0 Å². The van der Waals surface area contributed by atoms with Crippen molar-refractivity contribution in [2.45, 2.75) is 50.5 Å². The number of methoxy groups -OCH3 is 1. The van der Waals surface area contributed by atoms with Crippen molar-refractivity contribution in [1.29, 1.82) is 0 Å². The molecule has 116 valence electrons. The number of hydrogen-bond donors (Lipinski definition) is 1. The third-order valence-corrected chi connectivity index (χ3v) is 4.99. The highest BCUT2D eigenvalue weighted by molar-refractivity contribution is 6.31. The molecule has 0 amide bonds. The third-order valence-electron chi connectivity index (χ3n) is 4.66. The van der Waals surface area contributed by atoms with E-state index >= 15 is 0 Å². The molecule has 2 fully saturated rings. The molecule has 1 saturated heterocycles. The Bertz CT molecular complexity index is 480. The predicted octanol–water partition coefficient (Wildman–Crippen LogP) is 4.14. The standard InChI is InChI=1S/C17H24ClNO2/c1-20-16-10-14(12-6-8-19-9-7-12)15(18)11-17(16)21-13-4-2-3-5-13/h10-13,19H,2-9H2,1H3. The maximum atomic E-state index is 6.52. The zero-order valence-corrected chi connectivity index (χ0v) is 13.4. The number of halogens is 1. The van der Waals surface area contributed by atoms with Crippen molar-refractivity contribution in [3.05, 3.63) is 22.7 Å². The molecule has 1 saturated carbocycles. The summed E-state index contributed by atoms with van der Waals surface area (Å²) in [5, 5.41) is 4.21. The second-order valence-corrected chi connectivity index (χ2v) is 6.48. The highest BCUT2D eigenvalue weighted by Gasteiger charge is 2.23. The first-order valence-corrected chi connectivity index (χ1v) is 8.40. The van der Waals surface area contributed by atoms with Crippen molar-refractivity contribution < 1.29 is 9.47 Å². The molecule has 3 rings (SSSR count). The van der Waals surface area contributed by atoms with Crippen LogP contribution in [0.25, 0.3) is 0 Å². The number of piperidine rings is 1. The zero-order chi connectivity index (χ0) is 14.7. The predicted molar refractivity (Wildman–Crippen MR) is 85.7 cm³/mol. The largest absolute Gasteiger partial charge is 0.493 e. The average molecular weight is 310 g/mol. The van der Waals surface area contributed by atoms with Gasteiger partial charge in [0.1, 0.15) is 0 Å². The van der Waals surface area contributed by atoms with Crippen molar-refractivity contribution >= 4 is 11.6 Å². The van der Waals surface area contributed by atoms with E-state index in [9.17, 15) is 0 Å². The lowest BCUT2D eigenvalue weighted by atomic mass is 9.90. The summed E-state index contributed by atoms with van der Waals surface area (Å²) in [4.78, 5) is 0. The van der Waals surface area contributed by atoms with Crippen molar-refractivity contribution in [3.8, 4) is 11.5 Å². The summed E-state index contributed by atoms with van der Waals surface area (Å²) in [7, 11) is 1.71. The van der Waals surface area contributed by atoms with Gasteiger partial charge in [-0.1, -0.05) is 11.6 Å². The first-order chi connectivity index (χ1) is 10.3. The van der Waals surface area contributed by atoms with Gasteiger partial charge in [-0.3, -0.25) is 0 Å². The van der Waals surface area contributed by atoms with Crippen LogP contribution in [0.2, 0.25) is 5.02 Å². The fraction of sp³-hybridized carbons (Fsp3) is 0.647. The molecule has 21 heavy (non-hydrogen) atoms. The molecule has 2 aliphatic rings. The molecule has 0 unspecified atom stereocenters. The molecule has 3 nitrogen and oxygen atoms in total. The van der Waals surface area contributed by atoms with E-state index in [4.69, 9.17) is 21.1 Å². The molecule has 1 aliphatic carbocycles. The van der Waals surface area contributed by atoms with E-state index in [2.05, 4.69) is 11.4 Å². The van der Waals surface area contributed by atoms with Gasteiger partial charge in [-0.25, -0.2) is 0 Å². The minimum Gasteiger partial charge on any atom is -0.493 e. The molecule has 0 aromatic heterocycles. The van der Waals surface area contributed by atoms with Crippen molar-refractivity contribution in [3.63, 3.8) is 0 Å². The third kappa shape index (κ3) is 3.46. The number of rotatable bonds is 4. The smallest absolute Gasteiger partial charge is 0.163 e. The molecule has 0 radical (unpaired) electrons. The molecule has 1 N–H and O–H groups in total. The second kappa shape index (κ2) is 6.89. The van der Waals surface area contributed by atoms with E-state index in [0.717, 1.165) is 55.3 Å². The fourth-order valence-electron chi connectivity index (χ4n) is 3.43. The zero-order valence-electron chi connectivity index (χ0n) is 12.7. The van der Waals surface area contributed by atoms with E-state index in [1.807, 2.05) is 6.07 Å². The Balaban J connectivity index is 1.82. The quantitative estimate of drug-likeness (QED) is 0.907. The van der Waals surface area contributed by atoms with E-state index < -0.39 is 0 Å². The molecular formula is C17H24ClNO2. The van der Waals surface area contributed by atoms with Gasteiger partial charge in [-0.05, 0) is 69.2 Å². The van der Waals surface area contributed by atoms with Crippen LogP contribution in [0.1, 0.15) is 50.0 Å². The molecule has 1 heterocycles. The SMILES string of the molecule is COc1cc(C2CCNCC2)c(Cl)cc1OC1CCCC1. The summed E-state index contributed by atoms with van der Waals surface area (Å²) in [5.74, 6) is 2.14. The van der Waals surface area contributed by atoms with Crippen LogP contribution in [0.4, 0.5) is 0 Å².